The fourth-order valence-electron chi connectivity index (χ4n) is 2.04. The molecule has 18 heavy (non-hydrogen) atoms. The molecule has 0 saturated heterocycles. The Bertz CT molecular complexity index is 533. The number of aryl methyl sites for hydroxylation is 1. The minimum atomic E-state index is -0.557. The first kappa shape index (κ1) is 13.1. The van der Waals surface area contributed by atoms with Crippen molar-refractivity contribution in [2.45, 2.75) is 32.4 Å². The Balaban J connectivity index is 2.30. The number of halogens is 1. The Morgan fingerprint density at radius 3 is 2.78 bits per heavy atom. The number of nitrogens with zero attached hydrogens (tertiary/aromatic N) is 3. The van der Waals surface area contributed by atoms with E-state index in [4.69, 9.17) is 17.3 Å². The van der Waals surface area contributed by atoms with Gasteiger partial charge in [0.1, 0.15) is 12.2 Å². The predicted octanol–water partition coefficient (Wildman–Crippen LogP) is 2.37. The summed E-state index contributed by atoms with van der Waals surface area (Å²) < 4.78 is 1.85. The van der Waals surface area contributed by atoms with Crippen molar-refractivity contribution in [3.63, 3.8) is 0 Å². The van der Waals surface area contributed by atoms with Gasteiger partial charge in [0.15, 0.2) is 0 Å². The van der Waals surface area contributed by atoms with Crippen molar-refractivity contribution in [1.82, 2.24) is 14.8 Å². The van der Waals surface area contributed by atoms with Gasteiger partial charge in [0, 0.05) is 23.5 Å². The molecule has 1 aromatic carbocycles. The maximum absolute atomic E-state index is 6.39. The van der Waals surface area contributed by atoms with E-state index in [9.17, 15) is 0 Å². The highest BCUT2D eigenvalue weighted by Gasteiger charge is 2.26. The zero-order valence-corrected chi connectivity index (χ0v) is 11.4. The van der Waals surface area contributed by atoms with Crippen molar-refractivity contribution in [2.24, 2.45) is 5.73 Å². The topological polar surface area (TPSA) is 56.7 Å². The van der Waals surface area contributed by atoms with Gasteiger partial charge in [-0.05, 0) is 25.5 Å². The summed E-state index contributed by atoms with van der Waals surface area (Å²) in [5.74, 6) is 0.877. The van der Waals surface area contributed by atoms with Gasteiger partial charge in [0.05, 0.1) is 0 Å². The fourth-order valence-corrected chi connectivity index (χ4v) is 2.39. The highest BCUT2D eigenvalue weighted by molar-refractivity contribution is 6.31. The molecule has 2 aromatic rings. The number of aromatic nitrogens is 3. The van der Waals surface area contributed by atoms with Crippen LogP contribution in [0.1, 0.15) is 25.2 Å². The lowest BCUT2D eigenvalue weighted by atomic mass is 9.89. The van der Waals surface area contributed by atoms with E-state index in [0.717, 1.165) is 17.9 Å². The van der Waals surface area contributed by atoms with Crippen LogP contribution >= 0.6 is 11.6 Å². The average molecular weight is 265 g/mol. The molecule has 1 aromatic heterocycles. The molecule has 0 saturated carbocycles. The van der Waals surface area contributed by atoms with Gasteiger partial charge in [-0.1, -0.05) is 29.8 Å². The molecule has 0 fully saturated rings. The third-order valence-corrected chi connectivity index (χ3v) is 3.34. The summed E-state index contributed by atoms with van der Waals surface area (Å²) in [6.45, 7) is 4.78. The molecule has 0 spiro atoms. The summed E-state index contributed by atoms with van der Waals surface area (Å²) in [6, 6.07) is 7.65. The maximum Gasteiger partial charge on any atom is 0.138 e. The van der Waals surface area contributed by atoms with Gasteiger partial charge in [-0.25, -0.2) is 4.98 Å². The van der Waals surface area contributed by atoms with E-state index in [-0.39, 0.29) is 0 Å². The van der Waals surface area contributed by atoms with Crippen molar-refractivity contribution >= 4 is 11.6 Å². The number of hydrogen-bond donors (Lipinski definition) is 1. The van der Waals surface area contributed by atoms with E-state index in [1.165, 1.54) is 0 Å². The van der Waals surface area contributed by atoms with E-state index in [1.807, 2.05) is 42.8 Å². The first-order chi connectivity index (χ1) is 8.54. The first-order valence-corrected chi connectivity index (χ1v) is 6.33. The van der Waals surface area contributed by atoms with Crippen LogP contribution in [-0.4, -0.2) is 14.8 Å². The first-order valence-electron chi connectivity index (χ1n) is 5.95. The summed E-state index contributed by atoms with van der Waals surface area (Å²) in [4.78, 5) is 4.26. The second-order valence-corrected chi connectivity index (χ2v) is 4.97. The second-order valence-electron chi connectivity index (χ2n) is 4.57. The van der Waals surface area contributed by atoms with Crippen LogP contribution in [0.3, 0.4) is 0 Å². The Hall–Kier alpha value is -1.39. The van der Waals surface area contributed by atoms with E-state index >= 15 is 0 Å². The van der Waals surface area contributed by atoms with Gasteiger partial charge in [-0.15, -0.1) is 0 Å². The summed E-state index contributed by atoms with van der Waals surface area (Å²) >= 11 is 6.20. The zero-order valence-electron chi connectivity index (χ0n) is 10.6. The number of nitrogens with two attached hydrogens (primary N) is 1. The van der Waals surface area contributed by atoms with Crippen LogP contribution < -0.4 is 5.73 Å². The molecule has 1 atom stereocenters. The molecular formula is C13H17ClN4. The highest BCUT2D eigenvalue weighted by Crippen LogP contribution is 2.28. The van der Waals surface area contributed by atoms with E-state index in [1.54, 1.807) is 6.33 Å². The van der Waals surface area contributed by atoms with Gasteiger partial charge >= 0.3 is 0 Å². The molecule has 2 N–H and O–H groups in total. The second kappa shape index (κ2) is 5.08. The largest absolute Gasteiger partial charge is 0.321 e. The summed E-state index contributed by atoms with van der Waals surface area (Å²) in [5, 5.41) is 4.84. The maximum atomic E-state index is 6.39. The molecule has 96 valence electrons. The third kappa shape index (κ3) is 2.54. The van der Waals surface area contributed by atoms with Gasteiger partial charge < -0.3 is 5.73 Å². The molecule has 0 amide bonds. The third-order valence-electron chi connectivity index (χ3n) is 3.01. The van der Waals surface area contributed by atoms with Gasteiger partial charge in [-0.2, -0.15) is 5.10 Å². The SMILES string of the molecule is CCn1ncnc1CC(C)(N)c1ccccc1Cl. The fraction of sp³-hybridized carbons (Fsp3) is 0.385. The monoisotopic (exact) mass is 264 g/mol. The lowest BCUT2D eigenvalue weighted by Crippen LogP contribution is -2.36. The quantitative estimate of drug-likeness (QED) is 0.922. The lowest BCUT2D eigenvalue weighted by molar-refractivity contribution is 0.457. The van der Waals surface area contributed by atoms with Crippen molar-refractivity contribution in [3.05, 3.63) is 47.0 Å². The molecule has 2 rings (SSSR count). The van der Waals surface area contributed by atoms with Gasteiger partial charge in [-0.3, -0.25) is 4.68 Å². The summed E-state index contributed by atoms with van der Waals surface area (Å²) in [5.41, 5.74) is 6.76. The zero-order chi connectivity index (χ0) is 13.2. The Kier molecular flexibility index (Phi) is 3.68. The van der Waals surface area contributed by atoms with Crippen LogP contribution in [0.5, 0.6) is 0 Å². The molecule has 0 radical (unpaired) electrons. The minimum absolute atomic E-state index is 0.557. The summed E-state index contributed by atoms with van der Waals surface area (Å²) in [7, 11) is 0. The van der Waals surface area contributed by atoms with Crippen LogP contribution in [0.4, 0.5) is 0 Å². The number of rotatable bonds is 4. The molecule has 0 aliphatic carbocycles. The highest BCUT2D eigenvalue weighted by atomic mass is 35.5. The van der Waals surface area contributed by atoms with Gasteiger partial charge in [0.2, 0.25) is 0 Å². The molecule has 0 aliphatic heterocycles. The molecular weight excluding hydrogens is 248 g/mol. The van der Waals surface area contributed by atoms with Crippen LogP contribution in [0.25, 0.3) is 0 Å². The molecule has 0 bridgehead atoms. The standard InChI is InChI=1S/C13H17ClN4/c1-3-18-12(16-9-17-18)8-13(2,15)10-6-4-5-7-11(10)14/h4-7,9H,3,8,15H2,1-2H3. The average Bonchev–Trinajstić information content (AvgIpc) is 2.76. The molecule has 5 heteroatoms. The summed E-state index contributed by atoms with van der Waals surface area (Å²) in [6.07, 6.45) is 2.16. The Morgan fingerprint density at radius 2 is 2.11 bits per heavy atom. The van der Waals surface area contributed by atoms with Crippen molar-refractivity contribution < 1.29 is 0 Å². The predicted molar refractivity (Wildman–Crippen MR) is 72.4 cm³/mol. The van der Waals surface area contributed by atoms with Crippen LogP contribution in [0.2, 0.25) is 5.02 Å². The number of hydrogen-bond acceptors (Lipinski definition) is 3. The molecule has 4 nitrogen and oxygen atoms in total. The molecule has 1 unspecified atom stereocenters. The molecule has 1 heterocycles. The van der Waals surface area contributed by atoms with Crippen LogP contribution in [0.15, 0.2) is 30.6 Å². The van der Waals surface area contributed by atoms with Crippen LogP contribution in [-0.2, 0) is 18.5 Å². The lowest BCUT2D eigenvalue weighted by Gasteiger charge is -2.25. The smallest absolute Gasteiger partial charge is 0.138 e. The van der Waals surface area contributed by atoms with Crippen LogP contribution in [0, 0.1) is 0 Å². The normalized spacial score (nSPS) is 14.4. The Labute approximate surface area is 112 Å². The minimum Gasteiger partial charge on any atom is -0.321 e. The van der Waals surface area contributed by atoms with Gasteiger partial charge in [0.25, 0.3) is 0 Å². The Morgan fingerprint density at radius 1 is 1.39 bits per heavy atom. The van der Waals surface area contributed by atoms with E-state index < -0.39 is 5.54 Å². The van der Waals surface area contributed by atoms with Crippen molar-refractivity contribution in [3.8, 4) is 0 Å². The van der Waals surface area contributed by atoms with Crippen molar-refractivity contribution in [2.75, 3.05) is 0 Å². The van der Waals surface area contributed by atoms with Crippen molar-refractivity contribution in [1.29, 1.82) is 0 Å². The number of benzene rings is 1. The van der Waals surface area contributed by atoms with E-state index in [0.29, 0.717) is 11.4 Å². The van der Waals surface area contributed by atoms with E-state index in [2.05, 4.69) is 10.1 Å². The molecule has 0 aliphatic rings.